The summed E-state index contributed by atoms with van der Waals surface area (Å²) in [5.41, 5.74) is 3.14. The number of carbonyl (C=O) groups is 1. The highest BCUT2D eigenvalue weighted by Crippen LogP contribution is 2.40. The van der Waals surface area contributed by atoms with Gasteiger partial charge in [0.15, 0.2) is 0 Å². The fraction of sp³-hybridized carbons (Fsp3) is 0. The number of hydrogen-bond acceptors (Lipinski definition) is 4. The van der Waals surface area contributed by atoms with Gasteiger partial charge in [-0.05, 0) is 62.2 Å². The van der Waals surface area contributed by atoms with Gasteiger partial charge in [0, 0.05) is 15.6 Å². The van der Waals surface area contributed by atoms with Crippen molar-refractivity contribution >= 4 is 59.9 Å². The third kappa shape index (κ3) is 3.88. The van der Waals surface area contributed by atoms with Crippen molar-refractivity contribution in [3.8, 4) is 11.5 Å². The Morgan fingerprint density at radius 3 is 2.36 bits per heavy atom. The molecule has 0 radical (unpaired) electrons. The Balaban J connectivity index is 2.13. The number of hydrogen-bond donors (Lipinski definition) is 3. The monoisotopic (exact) mass is 490 g/mol. The number of aromatic hydroxyl groups is 2. The molecule has 0 heterocycles. The van der Waals surface area contributed by atoms with Gasteiger partial charge in [0.2, 0.25) is 0 Å². The molecule has 22 heavy (non-hydrogen) atoms. The van der Waals surface area contributed by atoms with E-state index in [1.54, 1.807) is 24.3 Å². The molecule has 0 aliphatic heterocycles. The maximum absolute atomic E-state index is 11.9. The second-order valence-corrected chi connectivity index (χ2v) is 6.73. The van der Waals surface area contributed by atoms with Gasteiger partial charge >= 0.3 is 0 Å². The van der Waals surface area contributed by atoms with Crippen LogP contribution in [0.4, 0.5) is 0 Å². The maximum atomic E-state index is 11.9. The van der Waals surface area contributed by atoms with Crippen LogP contribution >= 0.6 is 47.8 Å². The molecule has 0 atom stereocenters. The third-order valence-corrected chi connectivity index (χ3v) is 4.56. The van der Waals surface area contributed by atoms with Crippen molar-refractivity contribution < 1.29 is 15.0 Å². The van der Waals surface area contributed by atoms with Gasteiger partial charge in [0.05, 0.1) is 10.7 Å². The molecule has 0 aliphatic carbocycles. The predicted octanol–water partition coefficient (Wildman–Crippen LogP) is 4.15. The van der Waals surface area contributed by atoms with Gasteiger partial charge in [-0.1, -0.05) is 15.9 Å². The first-order chi connectivity index (χ1) is 10.4. The smallest absolute Gasteiger partial charge is 0.271 e. The lowest BCUT2D eigenvalue weighted by molar-refractivity contribution is 0.0955. The average Bonchev–Trinajstić information content (AvgIpc) is 2.50. The van der Waals surface area contributed by atoms with Crippen molar-refractivity contribution in [3.05, 3.63) is 54.9 Å². The lowest BCUT2D eigenvalue weighted by Crippen LogP contribution is -2.17. The molecule has 2 aromatic rings. The fourth-order valence-corrected chi connectivity index (χ4v) is 2.96. The second kappa shape index (κ2) is 7.26. The first kappa shape index (κ1) is 17.0. The van der Waals surface area contributed by atoms with E-state index in [9.17, 15) is 15.0 Å². The number of nitrogens with one attached hydrogen (secondary N) is 1. The van der Waals surface area contributed by atoms with E-state index in [0.29, 0.717) is 15.6 Å². The number of rotatable bonds is 3. The fourth-order valence-electron chi connectivity index (χ4n) is 1.54. The van der Waals surface area contributed by atoms with Gasteiger partial charge in [0.25, 0.3) is 5.91 Å². The number of halogens is 3. The lowest BCUT2D eigenvalue weighted by Gasteiger charge is -2.06. The SMILES string of the molecule is O=C(NN=Cc1cc(Br)c(O)c(Br)c1O)c1ccc(Br)cc1. The zero-order chi connectivity index (χ0) is 16.3. The van der Waals surface area contributed by atoms with Crippen LogP contribution in [0.25, 0.3) is 0 Å². The van der Waals surface area contributed by atoms with Crippen molar-refractivity contribution in [2.24, 2.45) is 5.10 Å². The van der Waals surface area contributed by atoms with Crippen LogP contribution in [-0.2, 0) is 0 Å². The first-order valence-corrected chi connectivity index (χ1v) is 8.27. The Morgan fingerprint density at radius 1 is 1.09 bits per heavy atom. The molecule has 0 saturated heterocycles. The summed E-state index contributed by atoms with van der Waals surface area (Å²) in [6, 6.07) is 8.28. The minimum atomic E-state index is -0.375. The second-order valence-electron chi connectivity index (χ2n) is 4.16. The highest BCUT2D eigenvalue weighted by atomic mass is 79.9. The van der Waals surface area contributed by atoms with Gasteiger partial charge in [-0.3, -0.25) is 4.79 Å². The van der Waals surface area contributed by atoms with Gasteiger partial charge in [-0.25, -0.2) is 5.43 Å². The molecule has 2 aromatic carbocycles. The predicted molar refractivity (Wildman–Crippen MR) is 94.4 cm³/mol. The Bertz CT molecular complexity index is 746. The Labute approximate surface area is 151 Å². The van der Waals surface area contributed by atoms with E-state index in [-0.39, 0.29) is 21.9 Å². The number of hydrazone groups is 1. The highest BCUT2D eigenvalue weighted by Gasteiger charge is 2.12. The van der Waals surface area contributed by atoms with E-state index >= 15 is 0 Å². The van der Waals surface area contributed by atoms with Crippen LogP contribution < -0.4 is 5.43 Å². The summed E-state index contributed by atoms with van der Waals surface area (Å²) in [5, 5.41) is 23.3. The summed E-state index contributed by atoms with van der Waals surface area (Å²) in [5.74, 6) is -0.670. The van der Waals surface area contributed by atoms with Crippen molar-refractivity contribution in [2.45, 2.75) is 0 Å². The molecular formula is C14H9Br3N2O3. The summed E-state index contributed by atoms with van der Waals surface area (Å²) in [7, 11) is 0. The van der Waals surface area contributed by atoms with Crippen molar-refractivity contribution in [1.82, 2.24) is 5.43 Å². The van der Waals surface area contributed by atoms with Crippen LogP contribution in [-0.4, -0.2) is 22.3 Å². The van der Waals surface area contributed by atoms with Crippen LogP contribution in [0.3, 0.4) is 0 Å². The molecule has 0 saturated carbocycles. The Hall–Kier alpha value is -1.38. The quantitative estimate of drug-likeness (QED) is 0.445. The zero-order valence-electron chi connectivity index (χ0n) is 10.8. The first-order valence-electron chi connectivity index (χ1n) is 5.89. The lowest BCUT2D eigenvalue weighted by atomic mass is 10.2. The normalized spacial score (nSPS) is 10.9. The minimum Gasteiger partial charge on any atom is -0.506 e. The molecule has 1 amide bonds. The van der Waals surface area contributed by atoms with Crippen molar-refractivity contribution in [1.29, 1.82) is 0 Å². The molecule has 3 N–H and O–H groups in total. The van der Waals surface area contributed by atoms with E-state index in [2.05, 4.69) is 58.3 Å². The molecule has 0 aromatic heterocycles. The van der Waals surface area contributed by atoms with Crippen LogP contribution in [0, 0.1) is 0 Å². The molecule has 0 aliphatic rings. The molecule has 0 spiro atoms. The number of phenols is 2. The van der Waals surface area contributed by atoms with Gasteiger partial charge in [0.1, 0.15) is 16.0 Å². The number of nitrogens with zero attached hydrogens (tertiary/aromatic N) is 1. The Morgan fingerprint density at radius 2 is 1.73 bits per heavy atom. The molecule has 2 rings (SSSR count). The molecule has 8 heteroatoms. The number of benzene rings is 2. The van der Waals surface area contributed by atoms with E-state index in [1.165, 1.54) is 12.3 Å². The van der Waals surface area contributed by atoms with Crippen LogP contribution in [0.2, 0.25) is 0 Å². The standard InChI is InChI=1S/C14H9Br3N2O3/c15-9-3-1-7(2-4-9)14(22)19-18-6-8-5-10(16)13(21)11(17)12(8)20/h1-6,20-21H,(H,19,22). The molecular weight excluding hydrogens is 484 g/mol. The Kier molecular flexibility index (Phi) is 5.60. The highest BCUT2D eigenvalue weighted by molar-refractivity contribution is 9.11. The summed E-state index contributed by atoms with van der Waals surface area (Å²) in [6.07, 6.45) is 1.28. The van der Waals surface area contributed by atoms with Gasteiger partial charge in [-0.2, -0.15) is 5.10 Å². The maximum Gasteiger partial charge on any atom is 0.271 e. The third-order valence-electron chi connectivity index (χ3n) is 2.67. The molecule has 0 bridgehead atoms. The molecule has 5 nitrogen and oxygen atoms in total. The summed E-state index contributed by atoms with van der Waals surface area (Å²) < 4.78 is 1.40. The topological polar surface area (TPSA) is 81.9 Å². The van der Waals surface area contributed by atoms with E-state index in [1.807, 2.05) is 0 Å². The van der Waals surface area contributed by atoms with E-state index < -0.39 is 0 Å². The summed E-state index contributed by atoms with van der Waals surface area (Å²) in [4.78, 5) is 11.9. The van der Waals surface area contributed by atoms with Gasteiger partial charge in [-0.15, -0.1) is 0 Å². The summed E-state index contributed by atoms with van der Waals surface area (Å²) in [6.45, 7) is 0. The minimum absolute atomic E-state index is 0.117. The van der Waals surface area contributed by atoms with E-state index in [0.717, 1.165) is 4.47 Å². The van der Waals surface area contributed by atoms with Crippen LogP contribution in [0.5, 0.6) is 11.5 Å². The molecule has 0 fully saturated rings. The van der Waals surface area contributed by atoms with Crippen molar-refractivity contribution in [3.63, 3.8) is 0 Å². The zero-order valence-corrected chi connectivity index (χ0v) is 15.6. The number of phenolic OH excluding ortho intramolecular Hbond substituents is 2. The molecule has 114 valence electrons. The average molecular weight is 493 g/mol. The van der Waals surface area contributed by atoms with Crippen molar-refractivity contribution in [2.75, 3.05) is 0 Å². The van der Waals surface area contributed by atoms with E-state index in [4.69, 9.17) is 0 Å². The largest absolute Gasteiger partial charge is 0.506 e. The number of carbonyl (C=O) groups excluding carboxylic acids is 1. The number of amides is 1. The van der Waals surface area contributed by atoms with Crippen LogP contribution in [0.1, 0.15) is 15.9 Å². The van der Waals surface area contributed by atoms with Crippen LogP contribution in [0.15, 0.2) is 48.9 Å². The molecule has 0 unspecified atom stereocenters. The summed E-state index contributed by atoms with van der Waals surface area (Å²) >= 11 is 9.50. The van der Waals surface area contributed by atoms with Gasteiger partial charge < -0.3 is 10.2 Å².